The molecule has 0 aliphatic carbocycles. The van der Waals surface area contributed by atoms with Crippen LogP contribution in [0.3, 0.4) is 0 Å². The average Bonchev–Trinajstić information content (AvgIpc) is 2.67. The van der Waals surface area contributed by atoms with Gasteiger partial charge >= 0.3 is 0 Å². The molecule has 0 bridgehead atoms. The molecule has 15 heavy (non-hydrogen) atoms. The number of hydrogen-bond donors (Lipinski definition) is 1. The lowest BCUT2D eigenvalue weighted by atomic mass is 10.4. The Morgan fingerprint density at radius 2 is 2.13 bits per heavy atom. The molecule has 0 radical (unpaired) electrons. The summed E-state index contributed by atoms with van der Waals surface area (Å²) in [5, 5.41) is 13.0. The Morgan fingerprint density at radius 1 is 1.27 bits per heavy atom. The molecule has 0 aromatic carbocycles. The second-order valence-electron chi connectivity index (χ2n) is 3.43. The Bertz CT molecular complexity index is 424. The van der Waals surface area contributed by atoms with Crippen molar-refractivity contribution in [2.75, 3.05) is 5.32 Å². The van der Waals surface area contributed by atoms with Crippen molar-refractivity contribution in [3.05, 3.63) is 24.4 Å². The number of aromatic nitrogens is 3. The summed E-state index contributed by atoms with van der Waals surface area (Å²) in [6.45, 7) is 4.14. The van der Waals surface area contributed by atoms with E-state index in [1.807, 2.05) is 18.2 Å². The summed E-state index contributed by atoms with van der Waals surface area (Å²) in [6, 6.07) is 6.13. The highest BCUT2D eigenvalue weighted by molar-refractivity contribution is 7.18. The average molecular weight is 220 g/mol. The fourth-order valence-corrected chi connectivity index (χ4v) is 1.99. The molecule has 0 amide bonds. The summed E-state index contributed by atoms with van der Waals surface area (Å²) in [4.78, 5) is 4.22. The third kappa shape index (κ3) is 2.50. The quantitative estimate of drug-likeness (QED) is 0.863. The molecule has 78 valence electrons. The zero-order valence-electron chi connectivity index (χ0n) is 8.64. The molecule has 0 spiro atoms. The van der Waals surface area contributed by atoms with Crippen LogP contribution in [-0.2, 0) is 0 Å². The van der Waals surface area contributed by atoms with Gasteiger partial charge in [0, 0.05) is 12.2 Å². The van der Waals surface area contributed by atoms with E-state index in [9.17, 15) is 0 Å². The van der Waals surface area contributed by atoms with Crippen molar-refractivity contribution in [1.82, 2.24) is 15.2 Å². The molecule has 0 aliphatic rings. The van der Waals surface area contributed by atoms with Crippen LogP contribution in [0.1, 0.15) is 13.8 Å². The maximum absolute atomic E-state index is 4.22. The fraction of sp³-hybridized carbons (Fsp3) is 0.300. The van der Waals surface area contributed by atoms with Crippen LogP contribution in [-0.4, -0.2) is 21.2 Å². The van der Waals surface area contributed by atoms with E-state index in [1.54, 1.807) is 6.20 Å². The Kier molecular flexibility index (Phi) is 2.91. The van der Waals surface area contributed by atoms with Crippen molar-refractivity contribution < 1.29 is 0 Å². The summed E-state index contributed by atoms with van der Waals surface area (Å²) in [7, 11) is 0. The van der Waals surface area contributed by atoms with E-state index >= 15 is 0 Å². The first-order valence-electron chi connectivity index (χ1n) is 4.77. The lowest BCUT2D eigenvalue weighted by Gasteiger charge is -2.02. The SMILES string of the molecule is CC(C)Nc1nnc(-c2ccccn2)s1. The minimum absolute atomic E-state index is 0.370. The fourth-order valence-electron chi connectivity index (χ4n) is 1.12. The molecule has 1 N–H and O–H groups in total. The second kappa shape index (κ2) is 4.35. The van der Waals surface area contributed by atoms with Crippen molar-refractivity contribution in [2.24, 2.45) is 0 Å². The van der Waals surface area contributed by atoms with Crippen molar-refractivity contribution >= 4 is 16.5 Å². The van der Waals surface area contributed by atoms with E-state index < -0.39 is 0 Å². The van der Waals surface area contributed by atoms with Crippen molar-refractivity contribution in [3.8, 4) is 10.7 Å². The molecular weight excluding hydrogens is 208 g/mol. The third-order valence-electron chi connectivity index (χ3n) is 1.72. The Morgan fingerprint density at radius 3 is 2.80 bits per heavy atom. The topological polar surface area (TPSA) is 50.7 Å². The van der Waals surface area contributed by atoms with E-state index in [1.165, 1.54) is 11.3 Å². The predicted octanol–water partition coefficient (Wildman–Crippen LogP) is 2.42. The number of hydrogen-bond acceptors (Lipinski definition) is 5. The van der Waals surface area contributed by atoms with Gasteiger partial charge in [-0.15, -0.1) is 10.2 Å². The van der Waals surface area contributed by atoms with Crippen molar-refractivity contribution in [2.45, 2.75) is 19.9 Å². The van der Waals surface area contributed by atoms with Gasteiger partial charge in [0.25, 0.3) is 0 Å². The molecule has 5 heteroatoms. The van der Waals surface area contributed by atoms with Gasteiger partial charge in [-0.3, -0.25) is 4.98 Å². The number of nitrogens with zero attached hydrogens (tertiary/aromatic N) is 3. The first kappa shape index (κ1) is 10.0. The van der Waals surface area contributed by atoms with E-state index in [-0.39, 0.29) is 0 Å². The van der Waals surface area contributed by atoms with Gasteiger partial charge in [-0.1, -0.05) is 17.4 Å². The molecule has 2 heterocycles. The standard InChI is InChI=1S/C10H12N4S/c1-7(2)12-10-14-13-9(15-10)8-5-3-4-6-11-8/h3-7H,1-2H3,(H,12,14). The van der Waals surface area contributed by atoms with Gasteiger partial charge in [-0.2, -0.15) is 0 Å². The zero-order valence-corrected chi connectivity index (χ0v) is 9.45. The van der Waals surface area contributed by atoms with Crippen LogP contribution in [0, 0.1) is 0 Å². The van der Waals surface area contributed by atoms with Crippen molar-refractivity contribution in [3.63, 3.8) is 0 Å². The molecule has 2 aromatic rings. The number of nitrogens with one attached hydrogen (secondary N) is 1. The van der Waals surface area contributed by atoms with E-state index in [0.717, 1.165) is 15.8 Å². The number of rotatable bonds is 3. The van der Waals surface area contributed by atoms with Crippen molar-refractivity contribution in [1.29, 1.82) is 0 Å². The molecule has 2 aromatic heterocycles. The molecule has 0 fully saturated rings. The molecule has 2 rings (SSSR count). The van der Waals surface area contributed by atoms with E-state index in [4.69, 9.17) is 0 Å². The Balaban J connectivity index is 2.21. The third-order valence-corrected chi connectivity index (χ3v) is 2.60. The van der Waals surface area contributed by atoms with Crippen LogP contribution in [0.15, 0.2) is 24.4 Å². The smallest absolute Gasteiger partial charge is 0.206 e. The highest BCUT2D eigenvalue weighted by Gasteiger charge is 2.07. The molecule has 0 saturated heterocycles. The monoisotopic (exact) mass is 220 g/mol. The molecular formula is C10H12N4S. The van der Waals surface area contributed by atoms with Crippen LogP contribution >= 0.6 is 11.3 Å². The number of anilines is 1. The predicted molar refractivity (Wildman–Crippen MR) is 61.9 cm³/mol. The van der Waals surface area contributed by atoms with Crippen LogP contribution in [0.5, 0.6) is 0 Å². The zero-order chi connectivity index (χ0) is 10.7. The van der Waals surface area contributed by atoms with Crippen LogP contribution < -0.4 is 5.32 Å². The minimum Gasteiger partial charge on any atom is -0.358 e. The largest absolute Gasteiger partial charge is 0.358 e. The van der Waals surface area contributed by atoms with E-state index in [2.05, 4.69) is 34.3 Å². The highest BCUT2D eigenvalue weighted by atomic mass is 32.1. The van der Waals surface area contributed by atoms with Crippen LogP contribution in [0.4, 0.5) is 5.13 Å². The van der Waals surface area contributed by atoms with Gasteiger partial charge < -0.3 is 5.32 Å². The molecule has 0 atom stereocenters. The van der Waals surface area contributed by atoms with Crippen LogP contribution in [0.25, 0.3) is 10.7 Å². The van der Waals surface area contributed by atoms with Gasteiger partial charge in [0.05, 0.1) is 0 Å². The summed E-state index contributed by atoms with van der Waals surface area (Å²) < 4.78 is 0. The number of pyridine rings is 1. The minimum atomic E-state index is 0.370. The maximum atomic E-state index is 4.22. The summed E-state index contributed by atoms with van der Waals surface area (Å²) in [5.41, 5.74) is 0.867. The van der Waals surface area contributed by atoms with Gasteiger partial charge in [-0.05, 0) is 26.0 Å². The Hall–Kier alpha value is -1.49. The Labute approximate surface area is 92.4 Å². The van der Waals surface area contributed by atoms with Gasteiger partial charge in [-0.25, -0.2) is 0 Å². The van der Waals surface area contributed by atoms with Gasteiger partial charge in [0.2, 0.25) is 5.13 Å². The highest BCUT2D eigenvalue weighted by Crippen LogP contribution is 2.24. The summed E-state index contributed by atoms with van der Waals surface area (Å²) in [5.74, 6) is 0. The van der Waals surface area contributed by atoms with Gasteiger partial charge in [0.15, 0.2) is 5.01 Å². The normalized spacial score (nSPS) is 10.6. The lowest BCUT2D eigenvalue weighted by molar-refractivity contribution is 0.888. The van der Waals surface area contributed by atoms with E-state index in [0.29, 0.717) is 6.04 Å². The summed E-state index contributed by atoms with van der Waals surface area (Å²) in [6.07, 6.45) is 1.76. The molecule has 0 saturated carbocycles. The first-order valence-corrected chi connectivity index (χ1v) is 5.59. The second-order valence-corrected chi connectivity index (χ2v) is 4.40. The molecule has 0 aliphatic heterocycles. The first-order chi connectivity index (χ1) is 7.25. The summed E-state index contributed by atoms with van der Waals surface area (Å²) >= 11 is 1.52. The van der Waals surface area contributed by atoms with Crippen LogP contribution in [0.2, 0.25) is 0 Å². The molecule has 0 unspecified atom stereocenters. The maximum Gasteiger partial charge on any atom is 0.206 e. The lowest BCUT2D eigenvalue weighted by Crippen LogP contribution is -2.08. The molecule has 4 nitrogen and oxygen atoms in total. The van der Waals surface area contributed by atoms with Gasteiger partial charge in [0.1, 0.15) is 5.69 Å².